The third-order valence-electron chi connectivity index (χ3n) is 5.63. The Kier molecular flexibility index (Phi) is 7.07. The fourth-order valence-electron chi connectivity index (χ4n) is 4.05. The molecule has 2 aromatic rings. The molecule has 1 amide bonds. The van der Waals surface area contributed by atoms with Gasteiger partial charge >= 0.3 is 0 Å². The van der Waals surface area contributed by atoms with Gasteiger partial charge in [-0.2, -0.15) is 18.2 Å². The van der Waals surface area contributed by atoms with Crippen LogP contribution in [0.25, 0.3) is 0 Å². The zero-order valence-corrected chi connectivity index (χ0v) is 18.8. The summed E-state index contributed by atoms with van der Waals surface area (Å²) in [5.41, 5.74) is 3.60. The van der Waals surface area contributed by atoms with E-state index in [1.165, 1.54) is 11.3 Å². The van der Waals surface area contributed by atoms with Crippen LogP contribution in [0, 0.1) is 12.0 Å². The van der Waals surface area contributed by atoms with Gasteiger partial charge in [0.1, 0.15) is 0 Å². The van der Waals surface area contributed by atoms with Gasteiger partial charge in [-0.25, -0.2) is 0 Å². The van der Waals surface area contributed by atoms with Crippen LogP contribution >= 0.6 is 0 Å². The molecule has 4 rings (SSSR count). The Morgan fingerprint density at radius 1 is 1.00 bits per heavy atom. The van der Waals surface area contributed by atoms with Crippen molar-refractivity contribution in [2.45, 2.75) is 12.8 Å². The molecule has 2 fully saturated rings. The van der Waals surface area contributed by atoms with Gasteiger partial charge in [-0.3, -0.25) is 4.79 Å². The SMILES string of the molecule is [11CH3]N1CCN(c2ccccc2CC2CCN(c3cc[c-]cc3)C2=O)CC1.[Y]. The van der Waals surface area contributed by atoms with E-state index in [1.54, 1.807) is 0 Å². The van der Waals surface area contributed by atoms with Crippen molar-refractivity contribution in [3.8, 4) is 0 Å². The van der Waals surface area contributed by atoms with E-state index in [4.69, 9.17) is 0 Å². The van der Waals surface area contributed by atoms with Crippen LogP contribution in [0.3, 0.4) is 0 Å². The van der Waals surface area contributed by atoms with E-state index in [0.29, 0.717) is 0 Å². The Balaban J connectivity index is 0.00000210. The first kappa shape index (κ1) is 20.5. The van der Waals surface area contributed by atoms with E-state index in [2.05, 4.69) is 47.2 Å². The topological polar surface area (TPSA) is 26.8 Å². The van der Waals surface area contributed by atoms with Crippen LogP contribution in [0.2, 0.25) is 0 Å². The quantitative estimate of drug-likeness (QED) is 0.690. The molecule has 1 atom stereocenters. The largest absolute Gasteiger partial charge is 0.369 e. The van der Waals surface area contributed by atoms with Crippen LogP contribution in [0.1, 0.15) is 12.0 Å². The fraction of sp³-hybridized carbons (Fsp3) is 0.409. The number of carbonyl (C=O) groups is 1. The molecule has 1 radical (unpaired) electrons. The maximum absolute atomic E-state index is 12.9. The summed E-state index contributed by atoms with van der Waals surface area (Å²) >= 11 is 0. The van der Waals surface area contributed by atoms with Crippen molar-refractivity contribution in [3.05, 3.63) is 60.2 Å². The Bertz CT molecular complexity index is 759. The molecule has 0 spiro atoms. The van der Waals surface area contributed by atoms with Crippen LogP contribution < -0.4 is 9.80 Å². The molecule has 0 saturated carbocycles. The maximum Gasteiger partial charge on any atom is 0.228 e. The summed E-state index contributed by atoms with van der Waals surface area (Å²) in [5, 5.41) is 0. The molecule has 2 heterocycles. The number of para-hydroxylation sites is 1. The van der Waals surface area contributed by atoms with Crippen LogP contribution in [-0.2, 0) is 43.9 Å². The van der Waals surface area contributed by atoms with Gasteiger partial charge in [0.15, 0.2) is 0 Å². The first-order valence-corrected chi connectivity index (χ1v) is 9.51. The second kappa shape index (κ2) is 9.31. The predicted molar refractivity (Wildman–Crippen MR) is 106 cm³/mol. The van der Waals surface area contributed by atoms with Crippen molar-refractivity contribution in [1.82, 2.24) is 4.90 Å². The zero-order chi connectivity index (χ0) is 17.9. The van der Waals surface area contributed by atoms with Gasteiger partial charge in [-0.15, -0.1) is 12.1 Å². The second-order valence-corrected chi connectivity index (χ2v) is 7.36. The number of anilines is 2. The summed E-state index contributed by atoms with van der Waals surface area (Å²) in [5.74, 6) is 0.331. The molecular weight excluding hydrogens is 410 g/mol. The number of piperazine rings is 1. The zero-order valence-electron chi connectivity index (χ0n) is 16.0. The summed E-state index contributed by atoms with van der Waals surface area (Å²) in [6, 6.07) is 19.3. The fourth-order valence-corrected chi connectivity index (χ4v) is 4.05. The minimum atomic E-state index is 0. The number of hydrogen-bond donors (Lipinski definition) is 0. The Labute approximate surface area is 187 Å². The minimum Gasteiger partial charge on any atom is -0.369 e. The average molecular weight is 436 g/mol. The molecule has 2 aromatic carbocycles. The van der Waals surface area contributed by atoms with Gasteiger partial charge in [-0.1, -0.05) is 23.9 Å². The number of hydrogen-bond acceptors (Lipinski definition) is 3. The van der Waals surface area contributed by atoms with E-state index in [1.807, 2.05) is 29.2 Å². The summed E-state index contributed by atoms with van der Waals surface area (Å²) in [6.45, 7) is 5.10. The van der Waals surface area contributed by atoms with E-state index >= 15 is 0 Å². The maximum atomic E-state index is 12.9. The number of benzene rings is 2. The predicted octanol–water partition coefficient (Wildman–Crippen LogP) is 2.83. The van der Waals surface area contributed by atoms with Gasteiger partial charge in [0, 0.05) is 77.0 Å². The van der Waals surface area contributed by atoms with E-state index in [-0.39, 0.29) is 44.5 Å². The molecule has 139 valence electrons. The van der Waals surface area contributed by atoms with E-state index < -0.39 is 0 Å². The molecule has 1 unspecified atom stereocenters. The van der Waals surface area contributed by atoms with Crippen molar-refractivity contribution in [3.63, 3.8) is 0 Å². The number of likely N-dealkylation sites (N-methyl/N-ethyl adjacent to an activating group) is 1. The summed E-state index contributed by atoms with van der Waals surface area (Å²) < 4.78 is 0. The Morgan fingerprint density at radius 3 is 2.44 bits per heavy atom. The van der Waals surface area contributed by atoms with Crippen LogP contribution in [0.5, 0.6) is 0 Å². The standard InChI is InChI=1S/C22H26N3O.Y/c1-23-13-15-24(16-14-23)21-10-6-5-7-18(21)17-19-11-12-25(22(19)26)20-8-3-2-4-9-20;/h3-10,19H,11-17H2,1H3;/q-1;/i1-1;. The smallest absolute Gasteiger partial charge is 0.228 e. The average Bonchev–Trinajstić information content (AvgIpc) is 3.04. The Hall–Kier alpha value is -1.23. The van der Waals surface area contributed by atoms with Gasteiger partial charge in [0.2, 0.25) is 5.91 Å². The molecule has 2 aliphatic heterocycles. The van der Waals surface area contributed by atoms with Crippen LogP contribution in [-0.4, -0.2) is 50.6 Å². The number of nitrogens with zero attached hydrogens (tertiary/aromatic N) is 3. The molecule has 5 heteroatoms. The van der Waals surface area contributed by atoms with Crippen LogP contribution in [0.4, 0.5) is 11.4 Å². The molecule has 0 bridgehead atoms. The first-order valence-electron chi connectivity index (χ1n) is 9.51. The van der Waals surface area contributed by atoms with Gasteiger partial charge in [-0.05, 0) is 31.5 Å². The summed E-state index contributed by atoms with van der Waals surface area (Å²) in [7, 11) is 2.18. The third-order valence-corrected chi connectivity index (χ3v) is 5.63. The number of rotatable bonds is 4. The van der Waals surface area contributed by atoms with Crippen molar-refractivity contribution in [1.29, 1.82) is 0 Å². The normalized spacial score (nSPS) is 20.6. The number of carbonyl (C=O) groups excluding carboxylic acids is 1. The molecular formula is C22H26N3OY-. The molecule has 2 aliphatic rings. The van der Waals surface area contributed by atoms with Crippen molar-refractivity contribution < 1.29 is 37.5 Å². The first-order chi connectivity index (χ1) is 12.7. The molecule has 0 N–H and O–H groups in total. The van der Waals surface area contributed by atoms with Gasteiger partial charge in [0.05, 0.1) is 0 Å². The molecule has 2 saturated heterocycles. The molecule has 0 aliphatic carbocycles. The van der Waals surface area contributed by atoms with Crippen molar-refractivity contribution >= 4 is 17.3 Å². The number of amides is 1. The monoisotopic (exact) mass is 436 g/mol. The van der Waals surface area contributed by atoms with E-state index in [0.717, 1.165) is 51.3 Å². The minimum absolute atomic E-state index is 0. The summed E-state index contributed by atoms with van der Waals surface area (Å²) in [4.78, 5) is 19.7. The molecule has 4 nitrogen and oxygen atoms in total. The molecule has 27 heavy (non-hydrogen) atoms. The Morgan fingerprint density at radius 2 is 1.70 bits per heavy atom. The van der Waals surface area contributed by atoms with Gasteiger partial charge in [0.25, 0.3) is 0 Å². The van der Waals surface area contributed by atoms with Crippen molar-refractivity contribution in [2.75, 3.05) is 49.6 Å². The summed E-state index contributed by atoms with van der Waals surface area (Å²) in [6.07, 6.45) is 1.76. The van der Waals surface area contributed by atoms with Gasteiger partial charge < -0.3 is 14.7 Å². The van der Waals surface area contributed by atoms with E-state index in [9.17, 15) is 4.79 Å². The van der Waals surface area contributed by atoms with Crippen molar-refractivity contribution in [2.24, 2.45) is 5.92 Å². The van der Waals surface area contributed by atoms with Crippen LogP contribution in [0.15, 0.2) is 48.5 Å². The molecule has 0 aromatic heterocycles. The second-order valence-electron chi connectivity index (χ2n) is 7.36. The third kappa shape index (κ3) is 4.61.